The van der Waals surface area contributed by atoms with E-state index in [0.717, 1.165) is 18.4 Å². The Labute approximate surface area is 141 Å². The minimum Gasteiger partial charge on any atom is -0.349 e. The molecular weight excluding hydrogens is 302 g/mol. The number of rotatable bonds is 3. The van der Waals surface area contributed by atoms with Gasteiger partial charge in [0.25, 0.3) is 11.8 Å². The van der Waals surface area contributed by atoms with Gasteiger partial charge >= 0.3 is 0 Å². The molecule has 0 spiro atoms. The number of hydrogen-bond acceptors (Lipinski definition) is 3. The van der Waals surface area contributed by atoms with Crippen molar-refractivity contribution < 1.29 is 9.59 Å². The molecule has 1 aliphatic rings. The van der Waals surface area contributed by atoms with Crippen molar-refractivity contribution in [3.05, 3.63) is 65.5 Å². The molecule has 24 heavy (non-hydrogen) atoms. The minimum absolute atomic E-state index is 0.00607. The first-order valence-electron chi connectivity index (χ1n) is 8.20. The van der Waals surface area contributed by atoms with Crippen molar-refractivity contribution in [2.45, 2.75) is 25.8 Å². The number of aromatic nitrogens is 1. The first kappa shape index (κ1) is 16.2. The Bertz CT molecular complexity index is 722. The van der Waals surface area contributed by atoms with E-state index in [0.29, 0.717) is 24.2 Å². The van der Waals surface area contributed by atoms with Crippen LogP contribution in [0.2, 0.25) is 0 Å². The van der Waals surface area contributed by atoms with Gasteiger partial charge in [0, 0.05) is 37.1 Å². The molecule has 0 aliphatic carbocycles. The Morgan fingerprint density at radius 2 is 1.88 bits per heavy atom. The standard InChI is InChI=1S/C19H21N3O2/c1-14-4-2-5-15(12-14)18(23)21-17-7-10-22(11-8-17)19(24)16-6-3-9-20-13-16/h2-6,9,12-13,17H,7-8,10-11H2,1H3,(H,21,23). The fourth-order valence-electron chi connectivity index (χ4n) is 2.95. The van der Waals surface area contributed by atoms with Gasteiger partial charge in [-0.2, -0.15) is 0 Å². The molecule has 3 rings (SSSR count). The summed E-state index contributed by atoms with van der Waals surface area (Å²) in [7, 11) is 0. The number of carbonyl (C=O) groups is 2. The lowest BCUT2D eigenvalue weighted by Crippen LogP contribution is -2.46. The third kappa shape index (κ3) is 3.79. The van der Waals surface area contributed by atoms with Crippen molar-refractivity contribution in [2.24, 2.45) is 0 Å². The first-order chi connectivity index (χ1) is 11.6. The van der Waals surface area contributed by atoms with Crippen molar-refractivity contribution >= 4 is 11.8 Å². The quantitative estimate of drug-likeness (QED) is 0.943. The predicted molar refractivity (Wildman–Crippen MR) is 91.8 cm³/mol. The Hall–Kier alpha value is -2.69. The van der Waals surface area contributed by atoms with Crippen molar-refractivity contribution in [3.63, 3.8) is 0 Å². The number of pyridine rings is 1. The lowest BCUT2D eigenvalue weighted by atomic mass is 10.0. The molecular formula is C19H21N3O2. The van der Waals surface area contributed by atoms with Crippen molar-refractivity contribution in [2.75, 3.05) is 13.1 Å². The Balaban J connectivity index is 1.54. The van der Waals surface area contributed by atoms with E-state index >= 15 is 0 Å². The molecule has 2 amide bonds. The third-order valence-corrected chi connectivity index (χ3v) is 4.31. The summed E-state index contributed by atoms with van der Waals surface area (Å²) >= 11 is 0. The molecule has 2 heterocycles. The number of nitrogens with one attached hydrogen (secondary N) is 1. The lowest BCUT2D eigenvalue weighted by molar-refractivity contribution is 0.0697. The lowest BCUT2D eigenvalue weighted by Gasteiger charge is -2.32. The molecule has 1 aromatic carbocycles. The van der Waals surface area contributed by atoms with Crippen LogP contribution in [-0.2, 0) is 0 Å². The average molecular weight is 323 g/mol. The SMILES string of the molecule is Cc1cccc(C(=O)NC2CCN(C(=O)c3cccnc3)CC2)c1. The summed E-state index contributed by atoms with van der Waals surface area (Å²) < 4.78 is 0. The number of nitrogens with zero attached hydrogens (tertiary/aromatic N) is 2. The second-order valence-corrected chi connectivity index (χ2v) is 6.15. The van der Waals surface area contributed by atoms with Crippen LogP contribution in [0, 0.1) is 6.92 Å². The van der Waals surface area contributed by atoms with Crippen LogP contribution in [0.5, 0.6) is 0 Å². The maximum Gasteiger partial charge on any atom is 0.255 e. The van der Waals surface area contributed by atoms with Crippen LogP contribution < -0.4 is 5.32 Å². The molecule has 1 N–H and O–H groups in total. The van der Waals surface area contributed by atoms with Gasteiger partial charge in [0.2, 0.25) is 0 Å². The third-order valence-electron chi connectivity index (χ3n) is 4.31. The molecule has 0 bridgehead atoms. The summed E-state index contributed by atoms with van der Waals surface area (Å²) in [4.78, 5) is 30.5. The van der Waals surface area contributed by atoms with E-state index in [2.05, 4.69) is 10.3 Å². The van der Waals surface area contributed by atoms with Gasteiger partial charge in [0.05, 0.1) is 5.56 Å². The van der Waals surface area contributed by atoms with Crippen molar-refractivity contribution in [3.8, 4) is 0 Å². The van der Waals surface area contributed by atoms with E-state index in [1.165, 1.54) is 0 Å². The summed E-state index contributed by atoms with van der Waals surface area (Å²) in [5, 5.41) is 3.07. The highest BCUT2D eigenvalue weighted by Gasteiger charge is 2.24. The second-order valence-electron chi connectivity index (χ2n) is 6.15. The zero-order chi connectivity index (χ0) is 16.9. The average Bonchev–Trinajstić information content (AvgIpc) is 2.62. The summed E-state index contributed by atoms with van der Waals surface area (Å²) in [5.41, 5.74) is 2.36. The summed E-state index contributed by atoms with van der Waals surface area (Å²) in [5.74, 6) is -0.0395. The molecule has 1 saturated heterocycles. The molecule has 124 valence electrons. The highest BCUT2D eigenvalue weighted by molar-refractivity contribution is 5.95. The van der Waals surface area contributed by atoms with Gasteiger partial charge in [0.1, 0.15) is 0 Å². The predicted octanol–water partition coefficient (Wildman–Crippen LogP) is 2.42. The zero-order valence-electron chi connectivity index (χ0n) is 13.7. The Morgan fingerprint density at radius 1 is 1.12 bits per heavy atom. The topological polar surface area (TPSA) is 62.3 Å². The van der Waals surface area contributed by atoms with Crippen LogP contribution in [-0.4, -0.2) is 40.8 Å². The molecule has 5 heteroatoms. The fourth-order valence-corrected chi connectivity index (χ4v) is 2.95. The smallest absolute Gasteiger partial charge is 0.255 e. The Kier molecular flexibility index (Phi) is 4.89. The molecule has 5 nitrogen and oxygen atoms in total. The highest BCUT2D eigenvalue weighted by atomic mass is 16.2. The molecule has 0 saturated carbocycles. The van der Waals surface area contributed by atoms with E-state index in [9.17, 15) is 9.59 Å². The van der Waals surface area contributed by atoms with Crippen LogP contribution in [0.4, 0.5) is 0 Å². The number of piperidine rings is 1. The fraction of sp³-hybridized carbons (Fsp3) is 0.316. The molecule has 0 atom stereocenters. The monoisotopic (exact) mass is 323 g/mol. The largest absolute Gasteiger partial charge is 0.349 e. The molecule has 0 unspecified atom stereocenters. The van der Waals surface area contributed by atoms with Gasteiger partial charge < -0.3 is 10.2 Å². The first-order valence-corrected chi connectivity index (χ1v) is 8.20. The van der Waals surface area contributed by atoms with Crippen LogP contribution >= 0.6 is 0 Å². The van der Waals surface area contributed by atoms with E-state index in [4.69, 9.17) is 0 Å². The normalized spacial score (nSPS) is 15.1. The van der Waals surface area contributed by atoms with E-state index < -0.39 is 0 Å². The number of aryl methyl sites for hydroxylation is 1. The number of likely N-dealkylation sites (tertiary alicyclic amines) is 1. The van der Waals surface area contributed by atoms with Gasteiger partial charge in [-0.1, -0.05) is 17.7 Å². The van der Waals surface area contributed by atoms with Gasteiger partial charge in [-0.25, -0.2) is 0 Å². The van der Waals surface area contributed by atoms with Crippen LogP contribution in [0.1, 0.15) is 39.1 Å². The Morgan fingerprint density at radius 3 is 2.54 bits per heavy atom. The summed E-state index contributed by atoms with van der Waals surface area (Å²) in [6.07, 6.45) is 4.78. The van der Waals surface area contributed by atoms with Crippen LogP contribution in [0.25, 0.3) is 0 Å². The molecule has 1 fully saturated rings. The minimum atomic E-state index is -0.0456. The van der Waals surface area contributed by atoms with Crippen molar-refractivity contribution in [1.82, 2.24) is 15.2 Å². The molecule has 2 aromatic rings. The maximum atomic E-state index is 12.4. The van der Waals surface area contributed by atoms with E-state index in [1.807, 2.05) is 36.1 Å². The van der Waals surface area contributed by atoms with Crippen LogP contribution in [0.3, 0.4) is 0 Å². The van der Waals surface area contributed by atoms with Crippen molar-refractivity contribution in [1.29, 1.82) is 0 Å². The van der Waals surface area contributed by atoms with Gasteiger partial charge in [-0.15, -0.1) is 0 Å². The molecule has 0 radical (unpaired) electrons. The number of benzene rings is 1. The number of hydrogen-bond donors (Lipinski definition) is 1. The summed E-state index contributed by atoms with van der Waals surface area (Å²) in [6, 6.07) is 11.2. The zero-order valence-corrected chi connectivity index (χ0v) is 13.7. The van der Waals surface area contributed by atoms with E-state index in [-0.39, 0.29) is 17.9 Å². The molecule has 1 aromatic heterocycles. The number of carbonyl (C=O) groups excluding carboxylic acids is 2. The second kappa shape index (κ2) is 7.25. The summed E-state index contributed by atoms with van der Waals surface area (Å²) in [6.45, 7) is 3.26. The van der Waals surface area contributed by atoms with Gasteiger partial charge in [0.15, 0.2) is 0 Å². The highest BCUT2D eigenvalue weighted by Crippen LogP contribution is 2.14. The maximum absolute atomic E-state index is 12.4. The van der Waals surface area contributed by atoms with Gasteiger partial charge in [-0.3, -0.25) is 14.6 Å². The van der Waals surface area contributed by atoms with Crippen LogP contribution in [0.15, 0.2) is 48.8 Å². The number of amides is 2. The van der Waals surface area contributed by atoms with Gasteiger partial charge in [-0.05, 0) is 44.0 Å². The van der Waals surface area contributed by atoms with E-state index in [1.54, 1.807) is 24.5 Å². The molecule has 1 aliphatic heterocycles.